The maximum atomic E-state index is 4.21. The average Bonchev–Trinajstić information content (AvgIpc) is 2.14. The molecule has 0 aliphatic rings. The fourth-order valence-corrected chi connectivity index (χ4v) is 1.53. The first kappa shape index (κ1) is 11.9. The summed E-state index contributed by atoms with van der Waals surface area (Å²) in [7, 11) is -1.09. The molecule has 2 nitrogen and oxygen atoms in total. The van der Waals surface area contributed by atoms with Gasteiger partial charge in [-0.25, -0.2) is 4.99 Å². The van der Waals surface area contributed by atoms with Gasteiger partial charge in [-0.15, -0.1) is 0 Å². The molecule has 0 heterocycles. The van der Waals surface area contributed by atoms with E-state index in [1.54, 1.807) is 0 Å². The van der Waals surface area contributed by atoms with Gasteiger partial charge in [0, 0.05) is 6.17 Å². The maximum Gasteiger partial charge on any atom is 0.0945 e. The van der Waals surface area contributed by atoms with Crippen LogP contribution in [-0.2, 0) is 0 Å². The van der Waals surface area contributed by atoms with Crippen molar-refractivity contribution in [1.82, 2.24) is 0 Å². The molecule has 0 unspecified atom stereocenters. The third kappa shape index (κ3) is 5.30. The quantitative estimate of drug-likeness (QED) is 0.546. The van der Waals surface area contributed by atoms with Crippen LogP contribution in [0.2, 0.25) is 19.6 Å². The van der Waals surface area contributed by atoms with Crippen molar-refractivity contribution in [2.75, 3.05) is 6.17 Å². The molecule has 0 bridgehead atoms. The molecule has 0 N–H and O–H groups in total. The lowest BCUT2D eigenvalue weighted by Crippen LogP contribution is -2.24. The van der Waals surface area contributed by atoms with Gasteiger partial charge in [0.15, 0.2) is 0 Å². The molecule has 1 rings (SSSR count). The highest BCUT2D eigenvalue weighted by atomic mass is 28.3. The van der Waals surface area contributed by atoms with Gasteiger partial charge in [-0.05, 0) is 19.1 Å². The summed E-state index contributed by atoms with van der Waals surface area (Å²) < 4.78 is 0. The number of hydrogen-bond donors (Lipinski definition) is 0. The summed E-state index contributed by atoms with van der Waals surface area (Å²) in [4.78, 5) is 8.36. The Balaban J connectivity index is 2.62. The maximum absolute atomic E-state index is 4.21. The Morgan fingerprint density at radius 1 is 1.13 bits per heavy atom. The molecule has 0 amide bonds. The van der Waals surface area contributed by atoms with Crippen LogP contribution in [0.3, 0.4) is 0 Å². The molecule has 0 aromatic heterocycles. The molecule has 0 spiro atoms. The van der Waals surface area contributed by atoms with E-state index in [4.69, 9.17) is 0 Å². The van der Waals surface area contributed by atoms with Gasteiger partial charge in [0.2, 0.25) is 0 Å². The molecule has 80 valence electrons. The van der Waals surface area contributed by atoms with Crippen LogP contribution >= 0.6 is 0 Å². The molecule has 0 saturated carbocycles. The number of rotatable bonds is 3. The summed E-state index contributed by atoms with van der Waals surface area (Å²) >= 11 is 0. The lowest BCUT2D eigenvalue weighted by molar-refractivity contribution is 1.29. The Morgan fingerprint density at radius 3 is 2.27 bits per heavy atom. The van der Waals surface area contributed by atoms with Gasteiger partial charge >= 0.3 is 0 Å². The summed E-state index contributed by atoms with van der Waals surface area (Å²) in [5, 5.41) is 0. The number of benzene rings is 1. The van der Waals surface area contributed by atoms with Gasteiger partial charge in [-0.2, -0.15) is 4.99 Å². The lowest BCUT2D eigenvalue weighted by Gasteiger charge is -2.09. The first-order valence-corrected chi connectivity index (χ1v) is 8.87. The highest BCUT2D eigenvalue weighted by Crippen LogP contribution is 2.11. The molecule has 0 aliphatic carbocycles. The highest BCUT2D eigenvalue weighted by molar-refractivity contribution is 6.76. The normalized spacial score (nSPS) is 10.7. The van der Waals surface area contributed by atoms with Gasteiger partial charge in [-0.1, -0.05) is 37.3 Å². The van der Waals surface area contributed by atoms with Crippen LogP contribution in [0.4, 0.5) is 5.69 Å². The standard InChI is InChI=1S/C12H18N2Si/c1-11-5-7-12(8-6-11)14-9-13-10-15(2,3)4/h5-8H,10H2,1-4H3. The van der Waals surface area contributed by atoms with Gasteiger partial charge in [0.25, 0.3) is 0 Å². The van der Waals surface area contributed by atoms with Crippen LogP contribution in [0.1, 0.15) is 5.56 Å². The Labute approximate surface area is 92.8 Å². The van der Waals surface area contributed by atoms with Crippen LogP contribution in [0.25, 0.3) is 0 Å². The van der Waals surface area contributed by atoms with E-state index in [9.17, 15) is 0 Å². The Kier molecular flexibility index (Phi) is 4.01. The van der Waals surface area contributed by atoms with Crippen LogP contribution < -0.4 is 0 Å². The minimum atomic E-state index is -1.09. The van der Waals surface area contributed by atoms with E-state index in [2.05, 4.69) is 42.6 Å². The van der Waals surface area contributed by atoms with E-state index in [-0.39, 0.29) is 0 Å². The van der Waals surface area contributed by atoms with Crippen LogP contribution in [0.15, 0.2) is 34.3 Å². The molecule has 0 atom stereocenters. The zero-order valence-electron chi connectivity index (χ0n) is 9.91. The predicted molar refractivity (Wildman–Crippen MR) is 68.9 cm³/mol. The van der Waals surface area contributed by atoms with E-state index < -0.39 is 8.07 Å². The first-order chi connectivity index (χ1) is 6.97. The summed E-state index contributed by atoms with van der Waals surface area (Å²) in [5.41, 5.74) is 2.16. The molecule has 1 aromatic carbocycles. The Morgan fingerprint density at radius 2 is 1.73 bits per heavy atom. The Bertz CT molecular complexity index is 368. The molecule has 0 aliphatic heterocycles. The zero-order chi connectivity index (χ0) is 11.3. The van der Waals surface area contributed by atoms with Crippen molar-refractivity contribution in [3.8, 4) is 0 Å². The molecule has 1 aromatic rings. The second-order valence-corrected chi connectivity index (χ2v) is 10.4. The average molecular weight is 218 g/mol. The van der Waals surface area contributed by atoms with Crippen molar-refractivity contribution in [3.63, 3.8) is 0 Å². The largest absolute Gasteiger partial charge is 0.229 e. The summed E-state index contributed by atoms with van der Waals surface area (Å²) in [5.74, 6) is 0. The second kappa shape index (κ2) is 5.05. The van der Waals surface area contributed by atoms with E-state index in [0.717, 1.165) is 11.9 Å². The third-order valence-corrected chi connectivity index (χ3v) is 2.94. The van der Waals surface area contributed by atoms with Crippen molar-refractivity contribution in [1.29, 1.82) is 0 Å². The molecule has 0 fully saturated rings. The molecule has 0 saturated heterocycles. The van der Waals surface area contributed by atoms with Gasteiger partial charge in [0.1, 0.15) is 0 Å². The fourth-order valence-electron chi connectivity index (χ4n) is 0.985. The molecule has 0 radical (unpaired) electrons. The smallest absolute Gasteiger partial charge is 0.0945 e. The summed E-state index contributed by atoms with van der Waals surface area (Å²) in [6.07, 6.45) is 0.891. The van der Waals surface area contributed by atoms with Crippen LogP contribution in [0.5, 0.6) is 0 Å². The number of aliphatic imine (C=N–C) groups is 2. The first-order valence-electron chi connectivity index (χ1n) is 5.16. The lowest BCUT2D eigenvalue weighted by atomic mass is 10.2. The topological polar surface area (TPSA) is 24.7 Å². The molecule has 3 heteroatoms. The van der Waals surface area contributed by atoms with Crippen molar-refractivity contribution in [2.24, 2.45) is 9.98 Å². The monoisotopic (exact) mass is 218 g/mol. The predicted octanol–water partition coefficient (Wildman–Crippen LogP) is 3.68. The van der Waals surface area contributed by atoms with E-state index in [0.29, 0.717) is 0 Å². The fraction of sp³-hybridized carbons (Fsp3) is 0.417. The SMILES string of the molecule is Cc1ccc(N=C=NC[Si](C)(C)C)cc1. The minimum absolute atomic E-state index is 0.891. The van der Waals surface area contributed by atoms with E-state index >= 15 is 0 Å². The molecule has 15 heavy (non-hydrogen) atoms. The highest BCUT2D eigenvalue weighted by Gasteiger charge is 2.10. The van der Waals surface area contributed by atoms with Crippen LogP contribution in [0, 0.1) is 6.92 Å². The van der Waals surface area contributed by atoms with E-state index in [1.165, 1.54) is 5.56 Å². The van der Waals surface area contributed by atoms with Crippen molar-refractivity contribution in [3.05, 3.63) is 29.8 Å². The van der Waals surface area contributed by atoms with Gasteiger partial charge in [0.05, 0.1) is 19.8 Å². The van der Waals surface area contributed by atoms with Crippen LogP contribution in [-0.4, -0.2) is 20.3 Å². The van der Waals surface area contributed by atoms with Crippen molar-refractivity contribution < 1.29 is 0 Å². The van der Waals surface area contributed by atoms with Gasteiger partial charge in [-0.3, -0.25) is 0 Å². The van der Waals surface area contributed by atoms with Gasteiger partial charge < -0.3 is 0 Å². The Hall–Kier alpha value is -1.18. The summed E-state index contributed by atoms with van der Waals surface area (Å²) in [6.45, 7) is 8.91. The second-order valence-electron chi connectivity index (χ2n) is 4.92. The molecular weight excluding hydrogens is 200 g/mol. The summed E-state index contributed by atoms with van der Waals surface area (Å²) in [6, 6.07) is 10.8. The van der Waals surface area contributed by atoms with Crippen molar-refractivity contribution >= 4 is 19.8 Å². The van der Waals surface area contributed by atoms with E-state index in [1.807, 2.05) is 24.3 Å². The minimum Gasteiger partial charge on any atom is -0.229 e. The third-order valence-electron chi connectivity index (χ3n) is 1.84. The number of nitrogens with zero attached hydrogens (tertiary/aromatic N) is 2. The molecular formula is C12H18N2Si. The zero-order valence-corrected chi connectivity index (χ0v) is 10.9. The number of aryl methyl sites for hydroxylation is 1. The van der Waals surface area contributed by atoms with Crippen molar-refractivity contribution in [2.45, 2.75) is 26.6 Å². The number of hydrogen-bond acceptors (Lipinski definition) is 2.